The normalized spacial score (nSPS) is 50.2. The van der Waals surface area contributed by atoms with E-state index in [0.717, 1.165) is 32.1 Å². The van der Waals surface area contributed by atoms with Crippen molar-refractivity contribution in [3.63, 3.8) is 0 Å². The molecule has 6 rings (SSSR count). The molecule has 5 aliphatic carbocycles. The maximum atomic E-state index is 12.5. The Bertz CT molecular complexity index is 1140. The van der Waals surface area contributed by atoms with Gasteiger partial charge in [0.25, 0.3) is 0 Å². The van der Waals surface area contributed by atoms with Gasteiger partial charge in [0.1, 0.15) is 6.10 Å². The SMILES string of the molecule is [CH]CCC(=O)O[C@H]1CC[C@]23C[C@]24CC[C@]2(C)[C@@H]5[C@H](O[C@@H]([C@H](OC(C)=O)C(C)(C)O)C[C@H]5C)[C@H](O)[C@@]2(C)[C@@H]4CC[C@H]3C1(C)C. The predicted molar refractivity (Wildman–Crippen MR) is 161 cm³/mol. The van der Waals surface area contributed by atoms with Crippen LogP contribution in [0.3, 0.4) is 0 Å². The summed E-state index contributed by atoms with van der Waals surface area (Å²) >= 11 is 0. The van der Waals surface area contributed by atoms with Gasteiger partial charge in [0.2, 0.25) is 0 Å². The first kappa shape index (κ1) is 31.8. The molecule has 242 valence electrons. The lowest BCUT2D eigenvalue weighted by Gasteiger charge is -2.63. The lowest BCUT2D eigenvalue weighted by atomic mass is 9.41. The van der Waals surface area contributed by atoms with Crippen LogP contribution >= 0.6 is 0 Å². The molecule has 1 aliphatic heterocycles. The van der Waals surface area contributed by atoms with E-state index in [-0.39, 0.29) is 63.5 Å². The zero-order valence-corrected chi connectivity index (χ0v) is 27.8. The van der Waals surface area contributed by atoms with Crippen LogP contribution in [0.4, 0.5) is 0 Å². The summed E-state index contributed by atoms with van der Waals surface area (Å²) in [6.45, 7) is 22.0. The first-order valence-corrected chi connectivity index (χ1v) is 17.0. The molecule has 2 spiro atoms. The molecule has 43 heavy (non-hydrogen) atoms. The first-order valence-electron chi connectivity index (χ1n) is 17.0. The quantitative estimate of drug-likeness (QED) is 0.366. The zero-order valence-electron chi connectivity index (χ0n) is 27.8. The van der Waals surface area contributed by atoms with E-state index >= 15 is 0 Å². The Kier molecular flexibility index (Phi) is 7.33. The number of carbonyl (C=O) groups excluding carboxylic acids is 2. The summed E-state index contributed by atoms with van der Waals surface area (Å²) in [4.78, 5) is 24.5. The first-order chi connectivity index (χ1) is 19.9. The van der Waals surface area contributed by atoms with E-state index in [1.54, 1.807) is 13.8 Å². The maximum Gasteiger partial charge on any atom is 0.306 e. The number of aliphatic hydroxyl groups is 2. The number of aliphatic hydroxyl groups excluding tert-OH is 1. The Hall–Kier alpha value is -1.18. The molecule has 6 aliphatic rings. The van der Waals surface area contributed by atoms with Gasteiger partial charge >= 0.3 is 11.9 Å². The molecule has 5 saturated carbocycles. The van der Waals surface area contributed by atoms with Gasteiger partial charge in [0.05, 0.1) is 23.9 Å². The fourth-order valence-corrected chi connectivity index (χ4v) is 12.9. The Morgan fingerprint density at radius 3 is 2.33 bits per heavy atom. The van der Waals surface area contributed by atoms with Crippen molar-refractivity contribution >= 4 is 11.9 Å². The van der Waals surface area contributed by atoms with Gasteiger partial charge in [-0.2, -0.15) is 0 Å². The molecule has 0 bridgehead atoms. The second-order valence-electron chi connectivity index (χ2n) is 17.3. The van der Waals surface area contributed by atoms with Gasteiger partial charge < -0.3 is 24.4 Å². The van der Waals surface area contributed by atoms with Crippen molar-refractivity contribution in [1.29, 1.82) is 0 Å². The van der Waals surface area contributed by atoms with Crippen molar-refractivity contribution in [3.8, 4) is 0 Å². The highest BCUT2D eigenvalue weighted by molar-refractivity contribution is 5.69. The lowest BCUT2D eigenvalue weighted by molar-refractivity contribution is -0.216. The van der Waals surface area contributed by atoms with Gasteiger partial charge in [-0.05, 0) is 118 Å². The molecule has 0 aromatic rings. The van der Waals surface area contributed by atoms with Crippen LogP contribution in [0.1, 0.15) is 120 Å². The molecular formula is C36H56O7. The third-order valence-electron chi connectivity index (χ3n) is 14.7. The van der Waals surface area contributed by atoms with Crippen LogP contribution in [-0.4, -0.2) is 58.3 Å². The van der Waals surface area contributed by atoms with Crippen LogP contribution < -0.4 is 0 Å². The van der Waals surface area contributed by atoms with E-state index in [1.807, 2.05) is 0 Å². The predicted octanol–water partition coefficient (Wildman–Crippen LogP) is 5.91. The molecule has 1 heterocycles. The highest BCUT2D eigenvalue weighted by atomic mass is 16.6. The Labute approximate surface area is 259 Å². The Morgan fingerprint density at radius 1 is 1.05 bits per heavy atom. The third kappa shape index (κ3) is 4.15. The van der Waals surface area contributed by atoms with Crippen LogP contribution in [0.2, 0.25) is 0 Å². The van der Waals surface area contributed by atoms with Crippen LogP contribution in [0.25, 0.3) is 0 Å². The van der Waals surface area contributed by atoms with E-state index in [0.29, 0.717) is 24.7 Å². The summed E-state index contributed by atoms with van der Waals surface area (Å²) in [6, 6.07) is 0. The van der Waals surface area contributed by atoms with E-state index in [4.69, 9.17) is 21.1 Å². The lowest BCUT2D eigenvalue weighted by Crippen LogP contribution is -2.60. The highest BCUT2D eigenvalue weighted by Gasteiger charge is 2.84. The van der Waals surface area contributed by atoms with E-state index in [1.165, 1.54) is 19.8 Å². The van der Waals surface area contributed by atoms with Crippen LogP contribution in [-0.2, 0) is 23.8 Å². The summed E-state index contributed by atoms with van der Waals surface area (Å²) in [7, 11) is 0. The minimum atomic E-state index is -1.26. The smallest absolute Gasteiger partial charge is 0.306 e. The number of hydrogen-bond acceptors (Lipinski definition) is 7. The summed E-state index contributed by atoms with van der Waals surface area (Å²) in [5.74, 6) is 0.723. The number of rotatable bonds is 6. The Morgan fingerprint density at radius 2 is 1.70 bits per heavy atom. The number of fused-ring (bicyclic) bond motifs is 4. The molecular weight excluding hydrogens is 544 g/mol. The average molecular weight is 601 g/mol. The van der Waals surface area contributed by atoms with Crippen LogP contribution in [0, 0.1) is 57.7 Å². The number of hydrogen-bond donors (Lipinski definition) is 2. The fourth-order valence-electron chi connectivity index (χ4n) is 12.9. The molecule has 1 saturated heterocycles. The van der Waals surface area contributed by atoms with Gasteiger partial charge in [0, 0.05) is 24.2 Å². The molecule has 0 aromatic carbocycles. The molecule has 2 N–H and O–H groups in total. The number of carbonyl (C=O) groups is 2. The molecule has 0 unspecified atom stereocenters. The summed E-state index contributed by atoms with van der Waals surface area (Å²) in [5, 5.41) is 23.4. The molecule has 2 radical (unpaired) electrons. The second kappa shape index (κ2) is 9.91. The standard InChI is InChI=1S/C36H56O7/c1-10-11-26(38)43-25-14-15-35-19-36(35)17-16-33(8)27-20(2)18-22(30(32(6,7)40)41-21(3)37)42-28(27)29(39)34(33,9)24(36)13-12-23(35)31(25,4)5/h1,20,22-25,27-30,39-40H,10-19H2,2-9H3/t20-,22-,23+,24+,25+,27+,28+,29+,30+,33-,34-,35-,36+/m1/s1. The summed E-state index contributed by atoms with van der Waals surface area (Å²) < 4.78 is 18.5. The molecule has 0 aromatic heterocycles. The van der Waals surface area contributed by atoms with Crippen LogP contribution in [0.5, 0.6) is 0 Å². The van der Waals surface area contributed by atoms with Crippen molar-refractivity contribution in [2.75, 3.05) is 0 Å². The minimum absolute atomic E-state index is 0.0760. The van der Waals surface area contributed by atoms with Crippen molar-refractivity contribution < 1.29 is 34.0 Å². The highest BCUT2D eigenvalue weighted by Crippen LogP contribution is 2.89. The number of esters is 2. The van der Waals surface area contributed by atoms with Gasteiger partial charge in [-0.1, -0.05) is 34.6 Å². The molecule has 0 amide bonds. The monoisotopic (exact) mass is 600 g/mol. The minimum Gasteiger partial charge on any atom is -0.462 e. The number of ether oxygens (including phenoxy) is 3. The van der Waals surface area contributed by atoms with Crippen molar-refractivity contribution in [2.45, 2.75) is 156 Å². The van der Waals surface area contributed by atoms with Gasteiger partial charge in [-0.3, -0.25) is 9.59 Å². The second-order valence-corrected chi connectivity index (χ2v) is 17.3. The molecule has 13 atom stereocenters. The van der Waals surface area contributed by atoms with Crippen LogP contribution in [0.15, 0.2) is 0 Å². The third-order valence-corrected chi connectivity index (χ3v) is 14.7. The zero-order chi connectivity index (χ0) is 31.5. The van der Waals surface area contributed by atoms with E-state index in [9.17, 15) is 19.8 Å². The largest absolute Gasteiger partial charge is 0.462 e. The average Bonchev–Trinajstić information content (AvgIpc) is 3.53. The van der Waals surface area contributed by atoms with Crippen molar-refractivity contribution in [2.24, 2.45) is 50.7 Å². The molecule has 6 fully saturated rings. The van der Waals surface area contributed by atoms with E-state index in [2.05, 4.69) is 34.6 Å². The van der Waals surface area contributed by atoms with Crippen molar-refractivity contribution in [1.82, 2.24) is 0 Å². The van der Waals surface area contributed by atoms with Gasteiger partial charge in [0.15, 0.2) is 6.10 Å². The summed E-state index contributed by atoms with van der Waals surface area (Å²) in [5.41, 5.74) is -1.31. The summed E-state index contributed by atoms with van der Waals surface area (Å²) in [6.07, 6.45) is 6.52. The molecule has 7 nitrogen and oxygen atoms in total. The van der Waals surface area contributed by atoms with E-state index < -0.39 is 29.9 Å². The maximum absolute atomic E-state index is 12.5. The van der Waals surface area contributed by atoms with Gasteiger partial charge in [-0.15, -0.1) is 0 Å². The van der Waals surface area contributed by atoms with Crippen molar-refractivity contribution in [3.05, 3.63) is 6.92 Å². The fraction of sp³-hybridized carbons (Fsp3) is 0.917. The molecule has 7 heteroatoms. The Balaban J connectivity index is 1.29. The topological polar surface area (TPSA) is 102 Å². The van der Waals surface area contributed by atoms with Gasteiger partial charge in [-0.25, -0.2) is 0 Å².